The molecule has 1 aliphatic rings. The van der Waals surface area contributed by atoms with E-state index in [2.05, 4.69) is 193 Å². The minimum atomic E-state index is 0.345. The van der Waals surface area contributed by atoms with Crippen molar-refractivity contribution >= 4 is 70.9 Å². The molecule has 0 radical (unpaired) electrons. The molecular weight excluding hydrogens is 771 g/mol. The maximum atomic E-state index is 7.08. The Morgan fingerprint density at radius 3 is 1.92 bits per heavy atom. The number of benzene rings is 7. The van der Waals surface area contributed by atoms with Gasteiger partial charge in [0, 0.05) is 67.3 Å². The lowest BCUT2D eigenvalue weighted by molar-refractivity contribution is 0.462. The summed E-state index contributed by atoms with van der Waals surface area (Å²) in [5, 5.41) is 8.25. The van der Waals surface area contributed by atoms with Crippen LogP contribution in [0.15, 0.2) is 164 Å². The summed E-state index contributed by atoms with van der Waals surface area (Å²) < 4.78 is 14.3. The van der Waals surface area contributed by atoms with Crippen LogP contribution in [0.5, 0.6) is 11.5 Å². The van der Waals surface area contributed by atoms with Crippen LogP contribution in [0, 0.1) is 0 Å². The monoisotopic (exact) mass is 813 g/mol. The summed E-state index contributed by atoms with van der Waals surface area (Å²) in [5.74, 6) is 3.30. The minimum Gasteiger partial charge on any atom is -0.457 e. The van der Waals surface area contributed by atoms with Gasteiger partial charge in [0.05, 0.1) is 39.5 Å². The highest BCUT2D eigenvalue weighted by Gasteiger charge is 2.30. The van der Waals surface area contributed by atoms with Gasteiger partial charge < -0.3 is 9.30 Å². The quantitative estimate of drug-likeness (QED) is 0.163. The van der Waals surface area contributed by atoms with Crippen LogP contribution >= 0.6 is 0 Å². The first kappa shape index (κ1) is 36.0. The minimum absolute atomic E-state index is 0.345. The van der Waals surface area contributed by atoms with Crippen molar-refractivity contribution in [2.75, 3.05) is 0 Å². The first-order chi connectivity index (χ1) is 31.0. The van der Waals surface area contributed by atoms with Crippen molar-refractivity contribution in [2.45, 2.75) is 46.0 Å². The Morgan fingerprint density at radius 1 is 0.492 bits per heavy atom. The summed E-state index contributed by atoms with van der Waals surface area (Å²) >= 11 is 0. The summed E-state index contributed by atoms with van der Waals surface area (Å²) in [7, 11) is 0. The number of fused-ring (bicyclic) bond motifs is 17. The smallest absolute Gasteiger partial charge is 0.146 e. The summed E-state index contributed by atoms with van der Waals surface area (Å²) in [5.41, 5.74) is 15.2. The van der Waals surface area contributed by atoms with Crippen LogP contribution < -0.4 is 4.74 Å². The average molecular weight is 814 g/mol. The van der Waals surface area contributed by atoms with E-state index in [0.717, 1.165) is 72.9 Å². The average Bonchev–Trinajstić information content (AvgIpc) is 4.02. The molecule has 0 aliphatic carbocycles. The molecule has 0 atom stereocenters. The van der Waals surface area contributed by atoms with Crippen LogP contribution in [0.25, 0.3) is 93.7 Å². The van der Waals surface area contributed by atoms with Gasteiger partial charge >= 0.3 is 0 Å². The Bertz CT molecular complexity index is 3830. The van der Waals surface area contributed by atoms with Gasteiger partial charge in [0.25, 0.3) is 0 Å². The van der Waals surface area contributed by atoms with Gasteiger partial charge in [-0.05, 0) is 95.1 Å². The number of aromatic nitrogens is 5. The molecule has 6 nitrogen and oxygen atoms in total. The van der Waals surface area contributed by atoms with Gasteiger partial charge in [0.2, 0.25) is 0 Å². The lowest BCUT2D eigenvalue weighted by atomic mass is 9.87. The van der Waals surface area contributed by atoms with Crippen LogP contribution in [0.3, 0.4) is 0 Å². The normalized spacial score (nSPS) is 12.8. The van der Waals surface area contributed by atoms with Gasteiger partial charge in [-0.1, -0.05) is 113 Å². The summed E-state index contributed by atoms with van der Waals surface area (Å²) in [6.45, 7) is 9.18. The Kier molecular flexibility index (Phi) is 7.66. The predicted octanol–water partition coefficient (Wildman–Crippen LogP) is 14.8. The zero-order chi connectivity index (χ0) is 42.1. The number of hydrogen-bond donors (Lipinski definition) is 0. The van der Waals surface area contributed by atoms with E-state index in [4.69, 9.17) is 14.7 Å². The van der Waals surface area contributed by atoms with E-state index in [1.165, 1.54) is 54.5 Å². The van der Waals surface area contributed by atoms with Crippen molar-refractivity contribution in [3.05, 3.63) is 186 Å². The molecule has 6 heteroatoms. The predicted molar refractivity (Wildman–Crippen MR) is 260 cm³/mol. The van der Waals surface area contributed by atoms with E-state index in [0.29, 0.717) is 18.3 Å². The molecule has 1 aliphatic heterocycles. The fraction of sp³-hybridized carbons (Fsp3) is 0.123. The van der Waals surface area contributed by atoms with E-state index in [1.807, 2.05) is 12.3 Å². The van der Waals surface area contributed by atoms with Crippen LogP contribution in [0.4, 0.5) is 0 Å². The summed E-state index contributed by atoms with van der Waals surface area (Å²) in [6, 6.07) is 54.7. The molecule has 0 spiro atoms. The highest BCUT2D eigenvalue weighted by atomic mass is 16.5. The maximum Gasteiger partial charge on any atom is 0.146 e. The number of imidazole rings is 1. The Labute approximate surface area is 364 Å². The van der Waals surface area contributed by atoms with E-state index in [9.17, 15) is 0 Å². The van der Waals surface area contributed by atoms with Gasteiger partial charge in [-0.2, -0.15) is 0 Å². The Hall–Kier alpha value is -7.70. The van der Waals surface area contributed by atoms with Gasteiger partial charge in [0.15, 0.2) is 0 Å². The van der Waals surface area contributed by atoms with Gasteiger partial charge in [-0.15, -0.1) is 0 Å². The standard InChI is InChI=1S/C57H43N5O/c1-33(2)36-19-14-20-37(34(3)4)52(36)48-32-59-57-53-39(38-17-8-10-21-45(38)61(48)57)25-28-49-43(53)31-44-50(63-49)29-26-40-41-24-27-47-54(56(41)62(55(40)44)51-23-12-13-30-58-51)42-18-9-11-22-46(42)60(47)35-15-6-5-7-16-35/h5-30,32-34H,31H2,1-4H3. The third-order valence-electron chi connectivity index (χ3n) is 13.6. The molecule has 7 aromatic carbocycles. The van der Waals surface area contributed by atoms with Crippen molar-refractivity contribution < 1.29 is 4.74 Å². The molecule has 5 aromatic heterocycles. The molecule has 302 valence electrons. The first-order valence-electron chi connectivity index (χ1n) is 22.1. The van der Waals surface area contributed by atoms with Crippen molar-refractivity contribution in [1.29, 1.82) is 0 Å². The molecule has 63 heavy (non-hydrogen) atoms. The maximum absolute atomic E-state index is 7.08. The number of rotatable bonds is 5. The molecule has 6 heterocycles. The molecule has 0 N–H and O–H groups in total. The molecule has 12 aromatic rings. The van der Waals surface area contributed by atoms with Crippen molar-refractivity contribution in [1.82, 2.24) is 23.5 Å². The number of para-hydroxylation sites is 3. The zero-order valence-corrected chi connectivity index (χ0v) is 35.6. The van der Waals surface area contributed by atoms with Gasteiger partial charge in [-0.25, -0.2) is 9.97 Å². The molecule has 0 saturated heterocycles. The molecule has 0 fully saturated rings. The second kappa shape index (κ2) is 13.4. The fourth-order valence-corrected chi connectivity index (χ4v) is 10.9. The van der Waals surface area contributed by atoms with Crippen molar-refractivity contribution in [3.8, 4) is 34.3 Å². The zero-order valence-electron chi connectivity index (χ0n) is 35.6. The second-order valence-corrected chi connectivity index (χ2v) is 17.7. The number of ether oxygens (including phenoxy) is 1. The Balaban J connectivity index is 1.13. The molecule has 0 saturated carbocycles. The highest BCUT2D eigenvalue weighted by molar-refractivity contribution is 6.26. The molecule has 13 rings (SSSR count). The topological polar surface area (TPSA) is 49.3 Å². The van der Waals surface area contributed by atoms with Crippen molar-refractivity contribution in [2.24, 2.45) is 0 Å². The summed E-state index contributed by atoms with van der Waals surface area (Å²) in [6.07, 6.45) is 4.67. The van der Waals surface area contributed by atoms with E-state index in [-0.39, 0.29) is 0 Å². The second-order valence-electron chi connectivity index (χ2n) is 17.7. The largest absolute Gasteiger partial charge is 0.457 e. The van der Waals surface area contributed by atoms with Gasteiger partial charge in [-0.3, -0.25) is 8.97 Å². The summed E-state index contributed by atoms with van der Waals surface area (Å²) in [4.78, 5) is 10.4. The molecular formula is C57H43N5O. The van der Waals surface area contributed by atoms with E-state index in [1.54, 1.807) is 0 Å². The molecule has 0 bridgehead atoms. The van der Waals surface area contributed by atoms with Gasteiger partial charge in [0.1, 0.15) is 23.0 Å². The van der Waals surface area contributed by atoms with Crippen LogP contribution in [0.2, 0.25) is 0 Å². The highest BCUT2D eigenvalue weighted by Crippen LogP contribution is 2.50. The number of nitrogens with zero attached hydrogens (tertiary/aromatic N) is 5. The lowest BCUT2D eigenvalue weighted by Crippen LogP contribution is -2.08. The number of pyridine rings is 2. The van der Waals surface area contributed by atoms with Crippen LogP contribution in [-0.2, 0) is 6.42 Å². The fourth-order valence-electron chi connectivity index (χ4n) is 10.9. The third kappa shape index (κ3) is 5.00. The molecule has 0 amide bonds. The van der Waals surface area contributed by atoms with Crippen LogP contribution in [-0.4, -0.2) is 23.5 Å². The van der Waals surface area contributed by atoms with E-state index < -0.39 is 0 Å². The first-order valence-corrected chi connectivity index (χ1v) is 22.1. The van der Waals surface area contributed by atoms with Crippen LogP contribution in [0.1, 0.15) is 61.8 Å². The van der Waals surface area contributed by atoms with E-state index >= 15 is 0 Å². The SMILES string of the molecule is CC(C)c1cccc(C(C)C)c1-c1cnc2c3c4c(ccc3c3ccccc3n12)Oc1ccc2c3ccc5c(c6ccccc6n5-c5ccccc5)c3n(-c3ccccn3)c2c1C4. The Morgan fingerprint density at radius 2 is 1.16 bits per heavy atom. The third-order valence-corrected chi connectivity index (χ3v) is 13.6. The van der Waals surface area contributed by atoms with Crippen molar-refractivity contribution in [3.63, 3.8) is 0 Å². The molecule has 0 unspecified atom stereocenters. The number of hydrogen-bond acceptors (Lipinski definition) is 3. The lowest BCUT2D eigenvalue weighted by Gasteiger charge is -2.24.